The lowest BCUT2D eigenvalue weighted by Crippen LogP contribution is -2.46. The standard InChI is InChI=1S/C28H33N5/c1-28(2,3)22-11-9-21(10-12-22)27-25(33-19-23(29)13-14-26(33)30-27)20-31-15-17-32(18-16-31)24-7-5-4-6-8-24/h4-14,19H,15-18,20,29H2,1-3H3. The summed E-state index contributed by atoms with van der Waals surface area (Å²) in [7, 11) is 0. The maximum Gasteiger partial charge on any atom is 0.137 e. The highest BCUT2D eigenvalue weighted by Gasteiger charge is 2.22. The Kier molecular flexibility index (Phi) is 5.59. The molecular formula is C28H33N5. The predicted octanol–water partition coefficient (Wildman–Crippen LogP) is 5.20. The monoisotopic (exact) mass is 439 g/mol. The molecule has 0 spiro atoms. The van der Waals surface area contributed by atoms with Crippen molar-refractivity contribution in [1.82, 2.24) is 14.3 Å². The molecule has 2 N–H and O–H groups in total. The molecule has 0 radical (unpaired) electrons. The van der Waals surface area contributed by atoms with Gasteiger partial charge in [-0.05, 0) is 35.2 Å². The fourth-order valence-electron chi connectivity index (χ4n) is 4.63. The number of rotatable bonds is 4. The van der Waals surface area contributed by atoms with Gasteiger partial charge in [0.05, 0.1) is 11.4 Å². The Hall–Kier alpha value is -3.31. The lowest BCUT2D eigenvalue weighted by Gasteiger charge is -2.36. The number of fused-ring (bicyclic) bond motifs is 1. The summed E-state index contributed by atoms with van der Waals surface area (Å²) in [4.78, 5) is 10.0. The van der Waals surface area contributed by atoms with Gasteiger partial charge in [0.2, 0.25) is 0 Å². The largest absolute Gasteiger partial charge is 0.398 e. The van der Waals surface area contributed by atoms with Crippen LogP contribution in [0.15, 0.2) is 72.9 Å². The molecule has 0 unspecified atom stereocenters. The van der Waals surface area contributed by atoms with Gasteiger partial charge in [0.15, 0.2) is 0 Å². The molecule has 170 valence electrons. The van der Waals surface area contributed by atoms with E-state index in [4.69, 9.17) is 10.7 Å². The molecule has 5 heteroatoms. The van der Waals surface area contributed by atoms with Crippen LogP contribution in [0.3, 0.4) is 0 Å². The number of nitrogens with zero attached hydrogens (tertiary/aromatic N) is 4. The number of nitrogen functional groups attached to an aromatic ring is 1. The lowest BCUT2D eigenvalue weighted by atomic mass is 9.86. The zero-order valence-electron chi connectivity index (χ0n) is 19.8. The van der Waals surface area contributed by atoms with Crippen LogP contribution in [0.4, 0.5) is 11.4 Å². The minimum absolute atomic E-state index is 0.132. The molecule has 0 aliphatic carbocycles. The first-order valence-electron chi connectivity index (χ1n) is 11.8. The Morgan fingerprint density at radius 2 is 1.55 bits per heavy atom. The normalized spacial score (nSPS) is 15.3. The number of para-hydroxylation sites is 1. The molecule has 0 saturated carbocycles. The number of imidazole rings is 1. The van der Waals surface area contributed by atoms with E-state index in [9.17, 15) is 0 Å². The third kappa shape index (κ3) is 4.46. The van der Waals surface area contributed by atoms with Crippen LogP contribution in [0.25, 0.3) is 16.9 Å². The minimum Gasteiger partial charge on any atom is -0.398 e. The van der Waals surface area contributed by atoms with Crippen LogP contribution < -0.4 is 10.6 Å². The van der Waals surface area contributed by atoms with E-state index >= 15 is 0 Å². The topological polar surface area (TPSA) is 49.8 Å². The summed E-state index contributed by atoms with van der Waals surface area (Å²) in [6.07, 6.45) is 2.00. The maximum atomic E-state index is 6.16. The molecule has 2 aromatic heterocycles. The first kappa shape index (κ1) is 21.5. The van der Waals surface area contributed by atoms with Crippen LogP contribution in [-0.4, -0.2) is 40.5 Å². The third-order valence-corrected chi connectivity index (χ3v) is 6.63. The Labute approximate surface area is 196 Å². The zero-order valence-corrected chi connectivity index (χ0v) is 19.8. The molecular weight excluding hydrogens is 406 g/mol. The van der Waals surface area contributed by atoms with Crippen molar-refractivity contribution < 1.29 is 0 Å². The van der Waals surface area contributed by atoms with Crippen molar-refractivity contribution in [3.05, 3.63) is 84.2 Å². The number of hydrogen-bond donors (Lipinski definition) is 1. The van der Waals surface area contributed by atoms with Crippen molar-refractivity contribution in [3.8, 4) is 11.3 Å². The van der Waals surface area contributed by atoms with Crippen molar-refractivity contribution in [1.29, 1.82) is 0 Å². The van der Waals surface area contributed by atoms with Crippen LogP contribution in [-0.2, 0) is 12.0 Å². The van der Waals surface area contributed by atoms with Crippen molar-refractivity contribution in [2.75, 3.05) is 36.8 Å². The molecule has 0 amide bonds. The molecule has 1 saturated heterocycles. The van der Waals surface area contributed by atoms with E-state index < -0.39 is 0 Å². The van der Waals surface area contributed by atoms with E-state index in [0.717, 1.165) is 55.3 Å². The van der Waals surface area contributed by atoms with Crippen molar-refractivity contribution in [2.45, 2.75) is 32.7 Å². The Balaban J connectivity index is 1.43. The second kappa shape index (κ2) is 8.56. The summed E-state index contributed by atoms with van der Waals surface area (Å²) in [6.45, 7) is 11.7. The van der Waals surface area contributed by atoms with Gasteiger partial charge < -0.3 is 15.0 Å². The molecule has 1 aliphatic heterocycles. The fourth-order valence-corrected chi connectivity index (χ4v) is 4.63. The number of benzene rings is 2. The molecule has 1 fully saturated rings. The van der Waals surface area contributed by atoms with Crippen LogP contribution in [0.5, 0.6) is 0 Å². The number of piperazine rings is 1. The van der Waals surface area contributed by atoms with Gasteiger partial charge in [-0.25, -0.2) is 4.98 Å². The van der Waals surface area contributed by atoms with Gasteiger partial charge in [-0.1, -0.05) is 63.2 Å². The molecule has 4 aromatic rings. The number of aromatic nitrogens is 2. The molecule has 5 rings (SSSR count). The first-order chi connectivity index (χ1) is 15.9. The molecule has 3 heterocycles. The average Bonchev–Trinajstić information content (AvgIpc) is 3.17. The number of hydrogen-bond acceptors (Lipinski definition) is 4. The first-order valence-corrected chi connectivity index (χ1v) is 11.8. The Bertz CT molecular complexity index is 1230. The summed E-state index contributed by atoms with van der Waals surface area (Å²) in [6, 6.07) is 23.5. The third-order valence-electron chi connectivity index (χ3n) is 6.63. The summed E-state index contributed by atoms with van der Waals surface area (Å²) in [5.41, 5.74) is 14.0. The molecule has 33 heavy (non-hydrogen) atoms. The highest BCUT2D eigenvalue weighted by Crippen LogP contribution is 2.30. The lowest BCUT2D eigenvalue weighted by molar-refractivity contribution is 0.247. The van der Waals surface area contributed by atoms with E-state index in [1.165, 1.54) is 16.9 Å². The van der Waals surface area contributed by atoms with E-state index in [1.807, 2.05) is 18.3 Å². The second-order valence-corrected chi connectivity index (χ2v) is 10.0. The van der Waals surface area contributed by atoms with Gasteiger partial charge in [0.25, 0.3) is 0 Å². The zero-order chi connectivity index (χ0) is 23.0. The van der Waals surface area contributed by atoms with Crippen molar-refractivity contribution in [3.63, 3.8) is 0 Å². The van der Waals surface area contributed by atoms with Gasteiger partial charge in [-0.15, -0.1) is 0 Å². The molecule has 0 bridgehead atoms. The predicted molar refractivity (Wildman–Crippen MR) is 138 cm³/mol. The highest BCUT2D eigenvalue weighted by molar-refractivity contribution is 5.68. The Morgan fingerprint density at radius 1 is 0.848 bits per heavy atom. The van der Waals surface area contributed by atoms with E-state index in [1.54, 1.807) is 0 Å². The molecule has 5 nitrogen and oxygen atoms in total. The summed E-state index contributed by atoms with van der Waals surface area (Å²) < 4.78 is 2.17. The van der Waals surface area contributed by atoms with Gasteiger partial charge in [0.1, 0.15) is 5.65 Å². The maximum absolute atomic E-state index is 6.16. The minimum atomic E-state index is 0.132. The van der Waals surface area contributed by atoms with E-state index in [0.29, 0.717) is 0 Å². The number of anilines is 2. The SMILES string of the molecule is CC(C)(C)c1ccc(-c2nc3ccc(N)cn3c2CN2CCN(c3ccccc3)CC2)cc1. The van der Waals surface area contributed by atoms with Crippen molar-refractivity contribution in [2.24, 2.45) is 0 Å². The van der Waals surface area contributed by atoms with Gasteiger partial charge in [-0.2, -0.15) is 0 Å². The fraction of sp³-hybridized carbons (Fsp3) is 0.321. The second-order valence-electron chi connectivity index (χ2n) is 10.0. The van der Waals surface area contributed by atoms with E-state index in [2.05, 4.69) is 89.6 Å². The summed E-state index contributed by atoms with van der Waals surface area (Å²) in [5, 5.41) is 0. The Morgan fingerprint density at radius 3 is 2.21 bits per heavy atom. The van der Waals surface area contributed by atoms with Crippen LogP contribution in [0.2, 0.25) is 0 Å². The molecule has 1 aliphatic rings. The summed E-state index contributed by atoms with van der Waals surface area (Å²) >= 11 is 0. The van der Waals surface area contributed by atoms with Gasteiger partial charge >= 0.3 is 0 Å². The summed E-state index contributed by atoms with van der Waals surface area (Å²) in [5.74, 6) is 0. The average molecular weight is 440 g/mol. The number of pyridine rings is 1. The molecule has 0 atom stereocenters. The number of nitrogens with two attached hydrogens (primary N) is 1. The highest BCUT2D eigenvalue weighted by atomic mass is 15.3. The molecule has 2 aromatic carbocycles. The van der Waals surface area contributed by atoms with E-state index in [-0.39, 0.29) is 5.41 Å². The smallest absolute Gasteiger partial charge is 0.137 e. The quantitative estimate of drug-likeness (QED) is 0.475. The van der Waals surface area contributed by atoms with Gasteiger partial charge in [-0.3, -0.25) is 4.90 Å². The van der Waals surface area contributed by atoms with Crippen LogP contribution in [0.1, 0.15) is 32.0 Å². The van der Waals surface area contributed by atoms with Crippen LogP contribution in [0, 0.1) is 0 Å². The van der Waals surface area contributed by atoms with Crippen molar-refractivity contribution >= 4 is 17.0 Å². The van der Waals surface area contributed by atoms with Gasteiger partial charge in [0, 0.05) is 55.9 Å². The van der Waals surface area contributed by atoms with Crippen LogP contribution >= 0.6 is 0 Å².